The van der Waals surface area contributed by atoms with Crippen LogP contribution < -0.4 is 16.0 Å². The molecule has 3 rings (SSSR count). The number of aromatic nitrogens is 1. The summed E-state index contributed by atoms with van der Waals surface area (Å²) in [6.45, 7) is 2.63. The van der Waals surface area contributed by atoms with Gasteiger partial charge in [0.2, 0.25) is 5.91 Å². The zero-order chi connectivity index (χ0) is 14.8. The van der Waals surface area contributed by atoms with E-state index < -0.39 is 6.04 Å². The van der Waals surface area contributed by atoms with Gasteiger partial charge in [0.1, 0.15) is 6.04 Å². The molecule has 0 unspecified atom stereocenters. The monoisotopic (exact) mass is 304 g/mol. The van der Waals surface area contributed by atoms with Crippen LogP contribution in [0.5, 0.6) is 0 Å². The van der Waals surface area contributed by atoms with Gasteiger partial charge in [-0.15, -0.1) is 11.3 Å². The van der Waals surface area contributed by atoms with E-state index in [1.807, 2.05) is 25.1 Å². The Morgan fingerprint density at radius 2 is 2.33 bits per heavy atom. The van der Waals surface area contributed by atoms with Crippen molar-refractivity contribution < 1.29 is 9.59 Å². The minimum absolute atomic E-state index is 0.126. The van der Waals surface area contributed by atoms with Crippen LogP contribution in [0.25, 0.3) is 10.2 Å². The molecule has 2 atom stereocenters. The molecule has 6 nitrogen and oxygen atoms in total. The van der Waals surface area contributed by atoms with Crippen molar-refractivity contribution in [3.63, 3.8) is 0 Å². The van der Waals surface area contributed by atoms with E-state index in [0.717, 1.165) is 16.6 Å². The summed E-state index contributed by atoms with van der Waals surface area (Å²) in [7, 11) is 0. The lowest BCUT2D eigenvalue weighted by Crippen LogP contribution is -2.55. The normalized spacial score (nSPS) is 21.9. The summed E-state index contributed by atoms with van der Waals surface area (Å²) >= 11 is 1.55. The number of urea groups is 1. The molecule has 0 bridgehead atoms. The van der Waals surface area contributed by atoms with Crippen molar-refractivity contribution in [2.75, 3.05) is 11.9 Å². The molecule has 110 valence electrons. The maximum absolute atomic E-state index is 12.0. The van der Waals surface area contributed by atoms with Crippen LogP contribution >= 0.6 is 11.3 Å². The summed E-state index contributed by atoms with van der Waals surface area (Å²) in [5.74, 6) is 0.00405. The van der Waals surface area contributed by atoms with Gasteiger partial charge in [0, 0.05) is 12.2 Å². The largest absolute Gasteiger partial charge is 0.354 e. The Labute approximate surface area is 125 Å². The molecule has 3 N–H and O–H groups in total. The highest BCUT2D eigenvalue weighted by Gasteiger charge is 2.30. The molecule has 7 heteroatoms. The van der Waals surface area contributed by atoms with Crippen LogP contribution in [0.15, 0.2) is 23.7 Å². The van der Waals surface area contributed by atoms with Crippen molar-refractivity contribution >= 4 is 39.2 Å². The molecule has 3 amide bonds. The number of carbonyl (C=O) groups excluding carboxylic acids is 2. The van der Waals surface area contributed by atoms with Crippen LogP contribution in [-0.2, 0) is 4.79 Å². The van der Waals surface area contributed by atoms with Crippen LogP contribution in [0.3, 0.4) is 0 Å². The number of rotatable bonds is 2. The minimum Gasteiger partial charge on any atom is -0.354 e. The third kappa shape index (κ3) is 2.97. The highest BCUT2D eigenvalue weighted by atomic mass is 32.1. The van der Waals surface area contributed by atoms with Crippen LogP contribution in [0.4, 0.5) is 10.5 Å². The summed E-state index contributed by atoms with van der Waals surface area (Å²) in [5, 5.41) is 8.24. The third-order valence-electron chi connectivity index (χ3n) is 3.63. The molecule has 0 radical (unpaired) electrons. The van der Waals surface area contributed by atoms with Gasteiger partial charge in [-0.2, -0.15) is 0 Å². The summed E-state index contributed by atoms with van der Waals surface area (Å²) in [6.07, 6.45) is 0.863. The number of piperidine rings is 1. The molecule has 1 aliphatic rings. The quantitative estimate of drug-likeness (QED) is 0.793. The van der Waals surface area contributed by atoms with Gasteiger partial charge in [0.25, 0.3) is 0 Å². The van der Waals surface area contributed by atoms with Gasteiger partial charge in [-0.25, -0.2) is 9.78 Å². The number of amides is 3. The highest BCUT2D eigenvalue weighted by molar-refractivity contribution is 7.16. The molecule has 2 heterocycles. The van der Waals surface area contributed by atoms with Gasteiger partial charge in [0.15, 0.2) is 0 Å². The molecule has 0 aliphatic carbocycles. The number of nitrogens with zero attached hydrogens (tertiary/aromatic N) is 1. The van der Waals surface area contributed by atoms with E-state index in [4.69, 9.17) is 0 Å². The second kappa shape index (κ2) is 5.69. The van der Waals surface area contributed by atoms with Crippen molar-refractivity contribution in [1.29, 1.82) is 0 Å². The fourth-order valence-corrected chi connectivity index (χ4v) is 3.07. The number of fused-ring (bicyclic) bond motifs is 1. The number of hydrogen-bond donors (Lipinski definition) is 3. The van der Waals surface area contributed by atoms with Crippen LogP contribution in [0, 0.1) is 5.92 Å². The number of anilines is 1. The molecule has 1 aliphatic heterocycles. The summed E-state index contributed by atoms with van der Waals surface area (Å²) in [6, 6.07) is 4.69. The second-order valence-electron chi connectivity index (χ2n) is 5.17. The molecule has 2 aromatic rings. The number of carbonyl (C=O) groups is 2. The Hall–Kier alpha value is -2.15. The Morgan fingerprint density at radius 3 is 3.14 bits per heavy atom. The molecule has 21 heavy (non-hydrogen) atoms. The smallest absolute Gasteiger partial charge is 0.319 e. The second-order valence-corrected chi connectivity index (χ2v) is 6.05. The van der Waals surface area contributed by atoms with E-state index in [-0.39, 0.29) is 17.9 Å². The predicted octanol–water partition coefficient (Wildman–Crippen LogP) is 1.94. The van der Waals surface area contributed by atoms with Crippen LogP contribution in [-0.4, -0.2) is 29.5 Å². The maximum atomic E-state index is 12.0. The van der Waals surface area contributed by atoms with Crippen molar-refractivity contribution in [2.45, 2.75) is 19.4 Å². The van der Waals surface area contributed by atoms with Crippen LogP contribution in [0.2, 0.25) is 0 Å². The van der Waals surface area contributed by atoms with E-state index in [1.165, 1.54) is 0 Å². The number of hydrogen-bond acceptors (Lipinski definition) is 4. The van der Waals surface area contributed by atoms with E-state index in [1.54, 1.807) is 16.8 Å². The maximum Gasteiger partial charge on any atom is 0.319 e. The Morgan fingerprint density at radius 1 is 1.48 bits per heavy atom. The zero-order valence-electron chi connectivity index (χ0n) is 11.6. The molecule has 0 saturated carbocycles. The topological polar surface area (TPSA) is 83.1 Å². The van der Waals surface area contributed by atoms with Gasteiger partial charge >= 0.3 is 6.03 Å². The van der Waals surface area contributed by atoms with Gasteiger partial charge in [-0.05, 0) is 30.5 Å². The molecule has 1 aromatic carbocycles. The van der Waals surface area contributed by atoms with E-state index >= 15 is 0 Å². The third-order valence-corrected chi connectivity index (χ3v) is 4.44. The Balaban J connectivity index is 1.66. The molecular formula is C14H16N4O2S. The predicted molar refractivity (Wildman–Crippen MR) is 82.4 cm³/mol. The fraction of sp³-hybridized carbons (Fsp3) is 0.357. The molecule has 0 spiro atoms. The summed E-state index contributed by atoms with van der Waals surface area (Å²) in [5.41, 5.74) is 3.28. The Bertz CT molecular complexity index is 684. The van der Waals surface area contributed by atoms with Gasteiger partial charge in [0.05, 0.1) is 15.7 Å². The van der Waals surface area contributed by atoms with E-state index in [9.17, 15) is 9.59 Å². The zero-order valence-corrected chi connectivity index (χ0v) is 12.4. The Kier molecular flexibility index (Phi) is 3.74. The highest BCUT2D eigenvalue weighted by Crippen LogP contribution is 2.21. The number of benzene rings is 1. The first-order valence-corrected chi connectivity index (χ1v) is 7.70. The molecular weight excluding hydrogens is 288 g/mol. The first-order valence-electron chi connectivity index (χ1n) is 6.82. The standard InChI is InChI=1S/C14H16N4O2S/c1-8-4-5-15-13(19)12(8)18-14(20)17-9-2-3-11-10(6-9)16-7-21-11/h2-3,6-8,12H,4-5H2,1H3,(H,15,19)(H2,17,18,20)/t8-,12+/m0/s1. The summed E-state index contributed by atoms with van der Waals surface area (Å²) < 4.78 is 1.07. The lowest BCUT2D eigenvalue weighted by Gasteiger charge is -2.28. The van der Waals surface area contributed by atoms with E-state index in [0.29, 0.717) is 12.2 Å². The average Bonchev–Trinajstić information content (AvgIpc) is 2.90. The van der Waals surface area contributed by atoms with Crippen molar-refractivity contribution in [2.24, 2.45) is 5.92 Å². The molecule has 1 aromatic heterocycles. The first kappa shape index (κ1) is 13.8. The van der Waals surface area contributed by atoms with Crippen LogP contribution in [0.1, 0.15) is 13.3 Å². The van der Waals surface area contributed by atoms with Crippen molar-refractivity contribution in [3.05, 3.63) is 23.7 Å². The lowest BCUT2D eigenvalue weighted by molar-refractivity contribution is -0.125. The van der Waals surface area contributed by atoms with Gasteiger partial charge < -0.3 is 16.0 Å². The average molecular weight is 304 g/mol. The SMILES string of the molecule is C[C@H]1CCNC(=O)[C@@H]1NC(=O)Nc1ccc2scnc2c1. The van der Waals surface area contributed by atoms with E-state index in [2.05, 4.69) is 20.9 Å². The van der Waals surface area contributed by atoms with Crippen molar-refractivity contribution in [3.8, 4) is 0 Å². The molecule has 1 saturated heterocycles. The lowest BCUT2D eigenvalue weighted by atomic mass is 9.94. The number of thiazole rings is 1. The van der Waals surface area contributed by atoms with Gasteiger partial charge in [-0.1, -0.05) is 6.92 Å². The number of nitrogens with one attached hydrogen (secondary N) is 3. The molecule has 1 fully saturated rings. The fourth-order valence-electron chi connectivity index (χ4n) is 2.41. The summed E-state index contributed by atoms with van der Waals surface area (Å²) in [4.78, 5) is 28.0. The van der Waals surface area contributed by atoms with Gasteiger partial charge in [-0.3, -0.25) is 4.79 Å². The first-order chi connectivity index (χ1) is 10.1. The van der Waals surface area contributed by atoms with Crippen molar-refractivity contribution in [1.82, 2.24) is 15.6 Å². The minimum atomic E-state index is -0.484.